The van der Waals surface area contributed by atoms with Crippen molar-refractivity contribution in [2.45, 2.75) is 19.9 Å². The van der Waals surface area contributed by atoms with Gasteiger partial charge in [0.2, 0.25) is 0 Å². The molecule has 7 nitrogen and oxygen atoms in total. The molecule has 0 heterocycles. The van der Waals surface area contributed by atoms with Crippen LogP contribution >= 0.6 is 0 Å². The highest BCUT2D eigenvalue weighted by Crippen LogP contribution is 2.18. The molecule has 1 aromatic carbocycles. The molecule has 0 unspecified atom stereocenters. The highest BCUT2D eigenvalue weighted by Gasteiger charge is 2.08. The molecule has 1 aromatic rings. The molecule has 0 fully saturated rings. The molecule has 1 amide bonds. The number of carbonyl (C=O) groups excluding carboxylic acids is 1. The fourth-order valence-corrected chi connectivity index (χ4v) is 1.57. The normalized spacial score (nSPS) is 11.7. The fourth-order valence-electron chi connectivity index (χ4n) is 1.57. The molecule has 7 heteroatoms. The number of nitro benzene ring substituents is 1. The van der Waals surface area contributed by atoms with E-state index in [2.05, 4.69) is 10.6 Å². The number of likely N-dealkylation sites (N-methyl/N-ethyl adjacent to an activating group) is 1. The van der Waals surface area contributed by atoms with Crippen molar-refractivity contribution in [2.75, 3.05) is 19.7 Å². The zero-order chi connectivity index (χ0) is 15.0. The summed E-state index contributed by atoms with van der Waals surface area (Å²) in [5.74, 6) is 0.0374. The Balaban J connectivity index is 2.37. The smallest absolute Gasteiger partial charge is 0.273 e. The van der Waals surface area contributed by atoms with Gasteiger partial charge in [-0.05, 0) is 19.5 Å². The Morgan fingerprint density at radius 2 is 2.25 bits per heavy atom. The Morgan fingerprint density at radius 3 is 2.90 bits per heavy atom. The van der Waals surface area contributed by atoms with Gasteiger partial charge in [-0.15, -0.1) is 0 Å². The molecule has 1 rings (SSSR count). The van der Waals surface area contributed by atoms with Crippen molar-refractivity contribution in [3.63, 3.8) is 0 Å². The summed E-state index contributed by atoms with van der Waals surface area (Å²) in [4.78, 5) is 21.6. The molecule has 0 bridgehead atoms. The predicted octanol–water partition coefficient (Wildman–Crippen LogP) is 1.09. The van der Waals surface area contributed by atoms with Crippen LogP contribution in [0.4, 0.5) is 5.69 Å². The Morgan fingerprint density at radius 1 is 1.50 bits per heavy atom. The Hall–Kier alpha value is -2.15. The molecular weight excluding hydrogens is 262 g/mol. The number of benzene rings is 1. The van der Waals surface area contributed by atoms with E-state index < -0.39 is 4.92 Å². The average molecular weight is 281 g/mol. The van der Waals surface area contributed by atoms with Crippen molar-refractivity contribution < 1.29 is 14.5 Å². The number of amides is 1. The SMILES string of the molecule is CCN[C@H](C)CNC(=O)COc1cccc([N+](=O)[O-])c1. The zero-order valence-electron chi connectivity index (χ0n) is 11.6. The van der Waals surface area contributed by atoms with Crippen LogP contribution in [0.3, 0.4) is 0 Å². The van der Waals surface area contributed by atoms with Gasteiger partial charge in [-0.1, -0.05) is 13.0 Å². The molecule has 0 aliphatic heterocycles. The minimum atomic E-state index is -0.509. The Labute approximate surface area is 117 Å². The summed E-state index contributed by atoms with van der Waals surface area (Å²) in [6, 6.07) is 5.92. The maximum atomic E-state index is 11.5. The van der Waals surface area contributed by atoms with Gasteiger partial charge >= 0.3 is 0 Å². The van der Waals surface area contributed by atoms with Crippen LogP contribution in [0.5, 0.6) is 5.75 Å². The minimum Gasteiger partial charge on any atom is -0.484 e. The lowest BCUT2D eigenvalue weighted by atomic mass is 10.3. The molecule has 0 aromatic heterocycles. The van der Waals surface area contributed by atoms with Crippen LogP contribution in [0.25, 0.3) is 0 Å². The molecule has 1 atom stereocenters. The van der Waals surface area contributed by atoms with Gasteiger partial charge < -0.3 is 15.4 Å². The van der Waals surface area contributed by atoms with E-state index in [9.17, 15) is 14.9 Å². The lowest BCUT2D eigenvalue weighted by Crippen LogP contribution is -2.40. The standard InChI is InChI=1S/C13H19N3O4/c1-3-14-10(2)8-15-13(17)9-20-12-6-4-5-11(7-12)16(18)19/h4-7,10,14H,3,8-9H2,1-2H3,(H,15,17)/t10-/m1/s1. The predicted molar refractivity (Wildman–Crippen MR) is 74.7 cm³/mol. The number of nitro groups is 1. The molecule has 20 heavy (non-hydrogen) atoms. The summed E-state index contributed by atoms with van der Waals surface area (Å²) in [5, 5.41) is 16.5. The van der Waals surface area contributed by atoms with E-state index in [-0.39, 0.29) is 24.2 Å². The summed E-state index contributed by atoms with van der Waals surface area (Å²) in [6.07, 6.45) is 0. The monoisotopic (exact) mass is 281 g/mol. The van der Waals surface area contributed by atoms with Gasteiger partial charge in [0, 0.05) is 18.7 Å². The minimum absolute atomic E-state index is 0.0660. The van der Waals surface area contributed by atoms with E-state index in [0.717, 1.165) is 6.54 Å². The molecule has 0 spiro atoms. The number of ether oxygens (including phenoxy) is 1. The summed E-state index contributed by atoms with van der Waals surface area (Å²) < 4.78 is 5.21. The van der Waals surface area contributed by atoms with Crippen LogP contribution in [0.1, 0.15) is 13.8 Å². The van der Waals surface area contributed by atoms with E-state index >= 15 is 0 Å². The number of rotatable bonds is 8. The van der Waals surface area contributed by atoms with Gasteiger partial charge in [-0.25, -0.2) is 0 Å². The third kappa shape index (κ3) is 5.66. The molecule has 0 radical (unpaired) electrons. The summed E-state index contributed by atoms with van der Waals surface area (Å²) in [6.45, 7) is 5.13. The van der Waals surface area contributed by atoms with E-state index in [4.69, 9.17) is 4.74 Å². The van der Waals surface area contributed by atoms with E-state index in [1.165, 1.54) is 18.2 Å². The molecule has 0 saturated carbocycles. The topological polar surface area (TPSA) is 93.5 Å². The molecule has 0 saturated heterocycles. The second kappa shape index (κ2) is 8.11. The van der Waals surface area contributed by atoms with Gasteiger partial charge in [0.15, 0.2) is 6.61 Å². The highest BCUT2D eigenvalue weighted by atomic mass is 16.6. The number of non-ortho nitro benzene ring substituents is 1. The lowest BCUT2D eigenvalue weighted by Gasteiger charge is -2.13. The van der Waals surface area contributed by atoms with Crippen LogP contribution in [0, 0.1) is 10.1 Å². The average Bonchev–Trinajstić information content (AvgIpc) is 2.43. The third-order valence-electron chi connectivity index (χ3n) is 2.56. The largest absolute Gasteiger partial charge is 0.484 e. The van der Waals surface area contributed by atoms with Crippen LogP contribution in [0.2, 0.25) is 0 Å². The number of hydrogen-bond donors (Lipinski definition) is 2. The van der Waals surface area contributed by atoms with Crippen molar-refractivity contribution >= 4 is 11.6 Å². The van der Waals surface area contributed by atoms with Crippen LogP contribution in [-0.4, -0.2) is 36.6 Å². The van der Waals surface area contributed by atoms with Crippen molar-refractivity contribution in [1.82, 2.24) is 10.6 Å². The lowest BCUT2D eigenvalue weighted by molar-refractivity contribution is -0.384. The third-order valence-corrected chi connectivity index (χ3v) is 2.56. The van der Waals surface area contributed by atoms with Crippen LogP contribution in [0.15, 0.2) is 24.3 Å². The molecule has 0 aliphatic carbocycles. The number of hydrogen-bond acceptors (Lipinski definition) is 5. The second-order valence-electron chi connectivity index (χ2n) is 4.31. The van der Waals surface area contributed by atoms with Gasteiger partial charge in [0.25, 0.3) is 11.6 Å². The van der Waals surface area contributed by atoms with E-state index in [1.807, 2.05) is 13.8 Å². The van der Waals surface area contributed by atoms with Crippen LogP contribution < -0.4 is 15.4 Å². The number of nitrogens with one attached hydrogen (secondary N) is 2. The van der Waals surface area contributed by atoms with Gasteiger partial charge in [-0.3, -0.25) is 14.9 Å². The summed E-state index contributed by atoms with van der Waals surface area (Å²) >= 11 is 0. The fraction of sp³-hybridized carbons (Fsp3) is 0.462. The molecule has 110 valence electrons. The van der Waals surface area contributed by atoms with E-state index in [0.29, 0.717) is 12.3 Å². The maximum absolute atomic E-state index is 11.5. The number of nitrogens with zero attached hydrogens (tertiary/aromatic N) is 1. The summed E-state index contributed by atoms with van der Waals surface area (Å²) in [5.41, 5.74) is -0.0660. The van der Waals surface area contributed by atoms with Crippen molar-refractivity contribution in [3.05, 3.63) is 34.4 Å². The quantitative estimate of drug-likeness (QED) is 0.549. The molecular formula is C13H19N3O4. The Bertz CT molecular complexity index is 465. The van der Waals surface area contributed by atoms with E-state index in [1.54, 1.807) is 6.07 Å². The van der Waals surface area contributed by atoms with Crippen molar-refractivity contribution in [2.24, 2.45) is 0 Å². The highest BCUT2D eigenvalue weighted by molar-refractivity contribution is 5.77. The van der Waals surface area contributed by atoms with Gasteiger partial charge in [0.1, 0.15) is 5.75 Å². The first-order chi connectivity index (χ1) is 9.52. The first-order valence-electron chi connectivity index (χ1n) is 6.40. The van der Waals surface area contributed by atoms with Crippen molar-refractivity contribution in [1.29, 1.82) is 0 Å². The Kier molecular flexibility index (Phi) is 6.45. The van der Waals surface area contributed by atoms with Gasteiger partial charge in [0.05, 0.1) is 11.0 Å². The second-order valence-corrected chi connectivity index (χ2v) is 4.31. The summed E-state index contributed by atoms with van der Waals surface area (Å²) in [7, 11) is 0. The number of carbonyl (C=O) groups is 1. The molecule has 2 N–H and O–H groups in total. The zero-order valence-corrected chi connectivity index (χ0v) is 11.6. The van der Waals surface area contributed by atoms with Crippen LogP contribution in [-0.2, 0) is 4.79 Å². The first kappa shape index (κ1) is 15.9. The maximum Gasteiger partial charge on any atom is 0.273 e. The molecule has 0 aliphatic rings. The first-order valence-corrected chi connectivity index (χ1v) is 6.40. The van der Waals surface area contributed by atoms with Crippen molar-refractivity contribution in [3.8, 4) is 5.75 Å². The van der Waals surface area contributed by atoms with Gasteiger partial charge in [-0.2, -0.15) is 0 Å².